The van der Waals surface area contributed by atoms with Crippen molar-refractivity contribution in [2.75, 3.05) is 13.1 Å². The summed E-state index contributed by atoms with van der Waals surface area (Å²) in [5.41, 5.74) is 1.72. The van der Waals surface area contributed by atoms with Crippen molar-refractivity contribution in [2.24, 2.45) is 0 Å². The zero-order valence-corrected chi connectivity index (χ0v) is 7.78. The van der Waals surface area contributed by atoms with Gasteiger partial charge in [0, 0.05) is 25.8 Å². The Morgan fingerprint density at radius 3 is 2.86 bits per heavy atom. The lowest BCUT2D eigenvalue weighted by atomic mass is 10.1. The highest BCUT2D eigenvalue weighted by molar-refractivity contribution is 5.26. The minimum Gasteiger partial charge on any atom is -0.293 e. The van der Waals surface area contributed by atoms with Gasteiger partial charge in [-0.3, -0.25) is 4.90 Å². The molecule has 1 fully saturated rings. The third-order valence-corrected chi connectivity index (χ3v) is 2.29. The van der Waals surface area contributed by atoms with E-state index < -0.39 is 6.17 Å². The van der Waals surface area contributed by atoms with Crippen LogP contribution >= 0.6 is 0 Å². The van der Waals surface area contributed by atoms with Crippen molar-refractivity contribution in [2.45, 2.75) is 12.7 Å². The van der Waals surface area contributed by atoms with Crippen molar-refractivity contribution in [1.29, 1.82) is 0 Å². The number of terminal acetylenes is 1. The van der Waals surface area contributed by atoms with Crippen LogP contribution in [-0.2, 0) is 6.54 Å². The van der Waals surface area contributed by atoms with Crippen LogP contribution in [0.2, 0.25) is 0 Å². The first-order valence-electron chi connectivity index (χ1n) is 4.56. The Hall–Kier alpha value is -1.40. The normalized spacial score (nSPS) is 17.4. The molecule has 0 N–H and O–H groups in total. The van der Waals surface area contributed by atoms with Gasteiger partial charge in [0.2, 0.25) is 0 Å². The average molecular weight is 190 g/mol. The van der Waals surface area contributed by atoms with Crippen molar-refractivity contribution in [3.8, 4) is 12.3 Å². The fourth-order valence-electron chi connectivity index (χ4n) is 1.50. The number of hydrogen-bond acceptors (Lipinski definition) is 2. The number of aromatic nitrogens is 1. The van der Waals surface area contributed by atoms with Crippen LogP contribution in [-0.4, -0.2) is 29.1 Å². The summed E-state index contributed by atoms with van der Waals surface area (Å²) in [5, 5.41) is 0. The molecule has 0 spiro atoms. The summed E-state index contributed by atoms with van der Waals surface area (Å²) < 4.78 is 12.5. The fraction of sp³-hybridized carbons (Fsp3) is 0.364. The Morgan fingerprint density at radius 2 is 2.36 bits per heavy atom. The second-order valence-corrected chi connectivity index (χ2v) is 3.49. The molecule has 2 nitrogen and oxygen atoms in total. The molecule has 2 heterocycles. The van der Waals surface area contributed by atoms with Crippen molar-refractivity contribution in [3.63, 3.8) is 0 Å². The van der Waals surface area contributed by atoms with Gasteiger partial charge in [0.05, 0.1) is 0 Å². The molecule has 0 saturated carbocycles. The van der Waals surface area contributed by atoms with Gasteiger partial charge in [-0.15, -0.1) is 6.42 Å². The van der Waals surface area contributed by atoms with Crippen LogP contribution in [0, 0.1) is 12.3 Å². The minimum atomic E-state index is -0.645. The smallest absolute Gasteiger partial charge is 0.125 e. The molecular weight excluding hydrogens is 179 g/mol. The molecule has 1 aromatic heterocycles. The third kappa shape index (κ3) is 1.91. The van der Waals surface area contributed by atoms with E-state index in [-0.39, 0.29) is 0 Å². The van der Waals surface area contributed by atoms with Crippen LogP contribution in [0.1, 0.15) is 11.3 Å². The van der Waals surface area contributed by atoms with Crippen molar-refractivity contribution < 1.29 is 4.39 Å². The SMILES string of the molecule is C#Cc1ccc(CN2CC(F)C2)cn1. The Bertz CT molecular complexity index is 347. The Labute approximate surface area is 82.8 Å². The number of halogens is 1. The lowest BCUT2D eigenvalue weighted by Crippen LogP contribution is -2.47. The number of hydrogen-bond donors (Lipinski definition) is 0. The molecule has 0 aliphatic carbocycles. The quantitative estimate of drug-likeness (QED) is 0.652. The molecule has 1 aliphatic rings. The monoisotopic (exact) mass is 190 g/mol. The van der Waals surface area contributed by atoms with Crippen molar-refractivity contribution >= 4 is 0 Å². The number of rotatable bonds is 2. The summed E-state index contributed by atoms with van der Waals surface area (Å²) in [5.74, 6) is 2.46. The predicted octanol–water partition coefficient (Wildman–Crippen LogP) is 1.22. The number of pyridine rings is 1. The summed E-state index contributed by atoms with van der Waals surface area (Å²) in [6, 6.07) is 3.75. The van der Waals surface area contributed by atoms with Gasteiger partial charge >= 0.3 is 0 Å². The van der Waals surface area contributed by atoms with Gasteiger partial charge in [0.15, 0.2) is 0 Å². The van der Waals surface area contributed by atoms with Crippen LogP contribution in [0.15, 0.2) is 18.3 Å². The molecule has 72 valence electrons. The number of likely N-dealkylation sites (tertiary alicyclic amines) is 1. The molecule has 0 radical (unpaired) electrons. The molecule has 2 rings (SSSR count). The molecular formula is C11H11FN2. The zero-order chi connectivity index (χ0) is 9.97. The van der Waals surface area contributed by atoms with Crippen molar-refractivity contribution in [3.05, 3.63) is 29.6 Å². The second-order valence-electron chi connectivity index (χ2n) is 3.49. The van der Waals surface area contributed by atoms with E-state index in [1.165, 1.54) is 0 Å². The number of nitrogens with zero attached hydrogens (tertiary/aromatic N) is 2. The van der Waals surface area contributed by atoms with Gasteiger partial charge in [-0.1, -0.05) is 12.0 Å². The molecule has 14 heavy (non-hydrogen) atoms. The lowest BCUT2D eigenvalue weighted by Gasteiger charge is -2.34. The predicted molar refractivity (Wildman–Crippen MR) is 52.3 cm³/mol. The van der Waals surface area contributed by atoms with E-state index in [4.69, 9.17) is 6.42 Å². The van der Waals surface area contributed by atoms with Crippen molar-refractivity contribution in [1.82, 2.24) is 9.88 Å². The third-order valence-electron chi connectivity index (χ3n) is 2.29. The first-order valence-corrected chi connectivity index (χ1v) is 4.56. The number of alkyl halides is 1. The summed E-state index contributed by atoms with van der Waals surface area (Å²) in [7, 11) is 0. The summed E-state index contributed by atoms with van der Waals surface area (Å²) >= 11 is 0. The van der Waals surface area contributed by atoms with Crippen LogP contribution in [0.3, 0.4) is 0 Å². The molecule has 1 aliphatic heterocycles. The Morgan fingerprint density at radius 1 is 1.57 bits per heavy atom. The summed E-state index contributed by atoms with van der Waals surface area (Å²) in [4.78, 5) is 6.11. The standard InChI is InChI=1S/C11H11FN2/c1-2-11-4-3-9(5-13-11)6-14-7-10(12)8-14/h1,3-5,10H,6-8H2. The minimum absolute atomic E-state index is 0.539. The average Bonchev–Trinajstić information content (AvgIpc) is 2.17. The van der Waals surface area contributed by atoms with E-state index in [0.717, 1.165) is 12.1 Å². The maximum absolute atomic E-state index is 12.5. The van der Waals surface area contributed by atoms with E-state index >= 15 is 0 Å². The first kappa shape index (κ1) is 9.17. The van der Waals surface area contributed by atoms with Gasteiger partial charge < -0.3 is 0 Å². The van der Waals surface area contributed by atoms with Crippen LogP contribution < -0.4 is 0 Å². The lowest BCUT2D eigenvalue weighted by molar-refractivity contribution is 0.0590. The highest BCUT2D eigenvalue weighted by Crippen LogP contribution is 2.14. The van der Waals surface area contributed by atoms with E-state index in [0.29, 0.717) is 18.8 Å². The zero-order valence-electron chi connectivity index (χ0n) is 7.78. The molecule has 0 unspecified atom stereocenters. The van der Waals surface area contributed by atoms with Gasteiger partial charge in [-0.2, -0.15) is 0 Å². The van der Waals surface area contributed by atoms with Gasteiger partial charge in [-0.05, 0) is 11.6 Å². The van der Waals surface area contributed by atoms with Crippen LogP contribution in [0.4, 0.5) is 4.39 Å². The summed E-state index contributed by atoms with van der Waals surface area (Å²) in [6.07, 6.45) is 6.29. The molecule has 0 aromatic carbocycles. The molecule has 1 saturated heterocycles. The first-order chi connectivity index (χ1) is 6.78. The van der Waals surface area contributed by atoms with Crippen LogP contribution in [0.25, 0.3) is 0 Å². The maximum Gasteiger partial charge on any atom is 0.125 e. The fourth-order valence-corrected chi connectivity index (χ4v) is 1.50. The molecule has 3 heteroatoms. The highest BCUT2D eigenvalue weighted by atomic mass is 19.1. The molecule has 1 aromatic rings. The second kappa shape index (κ2) is 3.77. The molecule has 0 bridgehead atoms. The van der Waals surface area contributed by atoms with Gasteiger partial charge in [-0.25, -0.2) is 9.37 Å². The van der Waals surface area contributed by atoms with Gasteiger partial charge in [0.1, 0.15) is 11.9 Å². The van der Waals surface area contributed by atoms with Crippen LogP contribution in [0.5, 0.6) is 0 Å². The van der Waals surface area contributed by atoms with E-state index in [2.05, 4.69) is 10.9 Å². The maximum atomic E-state index is 12.5. The largest absolute Gasteiger partial charge is 0.293 e. The van der Waals surface area contributed by atoms with Gasteiger partial charge in [0.25, 0.3) is 0 Å². The summed E-state index contributed by atoms with van der Waals surface area (Å²) in [6.45, 7) is 1.84. The molecule has 0 amide bonds. The van der Waals surface area contributed by atoms with E-state index in [9.17, 15) is 4.39 Å². The Kier molecular flexibility index (Phi) is 2.47. The van der Waals surface area contributed by atoms with E-state index in [1.807, 2.05) is 17.0 Å². The van der Waals surface area contributed by atoms with E-state index in [1.54, 1.807) is 6.20 Å². The topological polar surface area (TPSA) is 16.1 Å². The highest BCUT2D eigenvalue weighted by Gasteiger charge is 2.25. The Balaban J connectivity index is 1.94. The molecule has 0 atom stereocenters.